The monoisotopic (exact) mass is 438 g/mol. The number of methoxy groups -OCH3 is 1. The maximum Gasteiger partial charge on any atom is 0.175 e. The highest BCUT2D eigenvalue weighted by molar-refractivity contribution is 14.1. The Morgan fingerprint density at radius 1 is 1.17 bits per heavy atom. The van der Waals surface area contributed by atoms with Crippen LogP contribution in [0.4, 0.5) is 0 Å². The number of hydrogen-bond donors (Lipinski definition) is 0. The summed E-state index contributed by atoms with van der Waals surface area (Å²) in [7, 11) is 1.74. The Hall–Kier alpha value is -0.710. The van der Waals surface area contributed by atoms with Gasteiger partial charge in [-0.25, -0.2) is 0 Å². The lowest BCUT2D eigenvalue weighted by Crippen LogP contribution is -2.60. The molecule has 0 amide bonds. The first-order valence-corrected chi connectivity index (χ1v) is 10.4. The van der Waals surface area contributed by atoms with Crippen molar-refractivity contribution in [3.8, 4) is 11.5 Å². The molecule has 0 radical (unpaired) electrons. The molecule has 4 saturated carbocycles. The van der Waals surface area contributed by atoms with E-state index in [-0.39, 0.29) is 5.60 Å². The van der Waals surface area contributed by atoms with E-state index in [4.69, 9.17) is 9.47 Å². The van der Waals surface area contributed by atoms with Crippen molar-refractivity contribution in [3.05, 3.63) is 27.8 Å². The SMILES string of the molecule is C=Cc1cc(I)c(OC2(CC)C3CC4CC(C3)CC2C4)c(OC)c1. The normalized spacial score (nSPS) is 36.6. The van der Waals surface area contributed by atoms with Crippen LogP contribution in [-0.4, -0.2) is 12.7 Å². The summed E-state index contributed by atoms with van der Waals surface area (Å²) in [5.41, 5.74) is 1.09. The first-order chi connectivity index (χ1) is 11.6. The first kappa shape index (κ1) is 16.7. The molecule has 1 aromatic rings. The Bertz CT molecular complexity index is 623. The average Bonchev–Trinajstić information content (AvgIpc) is 2.58. The van der Waals surface area contributed by atoms with Crippen LogP contribution in [-0.2, 0) is 0 Å². The zero-order valence-electron chi connectivity index (χ0n) is 14.7. The van der Waals surface area contributed by atoms with Crippen LogP contribution in [0.15, 0.2) is 18.7 Å². The quantitative estimate of drug-likeness (QED) is 0.531. The van der Waals surface area contributed by atoms with E-state index < -0.39 is 0 Å². The zero-order chi connectivity index (χ0) is 16.9. The summed E-state index contributed by atoms with van der Waals surface area (Å²) in [5, 5.41) is 0. The maximum absolute atomic E-state index is 6.91. The highest BCUT2D eigenvalue weighted by Crippen LogP contribution is 2.61. The van der Waals surface area contributed by atoms with Gasteiger partial charge in [0.15, 0.2) is 11.5 Å². The van der Waals surface area contributed by atoms with E-state index in [1.54, 1.807) is 7.11 Å². The Kier molecular flexibility index (Phi) is 4.34. The molecule has 4 fully saturated rings. The summed E-state index contributed by atoms with van der Waals surface area (Å²) in [6, 6.07) is 4.19. The van der Waals surface area contributed by atoms with Crippen molar-refractivity contribution in [1.82, 2.24) is 0 Å². The lowest BCUT2D eigenvalue weighted by molar-refractivity contribution is -0.158. The van der Waals surface area contributed by atoms with Gasteiger partial charge in [0.1, 0.15) is 5.60 Å². The molecule has 0 saturated heterocycles. The van der Waals surface area contributed by atoms with Gasteiger partial charge in [0, 0.05) is 0 Å². The molecular formula is C21H27IO2. The summed E-state index contributed by atoms with van der Waals surface area (Å²) in [6.45, 7) is 6.20. The molecule has 0 aromatic heterocycles. The summed E-state index contributed by atoms with van der Waals surface area (Å²) in [6.07, 6.45) is 9.91. The van der Waals surface area contributed by atoms with Crippen LogP contribution >= 0.6 is 22.6 Å². The molecule has 2 nitrogen and oxygen atoms in total. The van der Waals surface area contributed by atoms with Gasteiger partial charge in [0.25, 0.3) is 0 Å². The third kappa shape index (κ3) is 2.49. The molecule has 0 heterocycles. The van der Waals surface area contributed by atoms with Crippen molar-refractivity contribution >= 4 is 28.7 Å². The van der Waals surface area contributed by atoms with Crippen molar-refractivity contribution in [2.24, 2.45) is 23.7 Å². The molecule has 1 aromatic carbocycles. The molecule has 0 unspecified atom stereocenters. The smallest absolute Gasteiger partial charge is 0.175 e. The minimum atomic E-state index is 0.0102. The number of halogens is 1. The summed E-state index contributed by atoms with van der Waals surface area (Å²) in [4.78, 5) is 0. The fraction of sp³-hybridized carbons (Fsp3) is 0.619. The largest absolute Gasteiger partial charge is 0.493 e. The van der Waals surface area contributed by atoms with Gasteiger partial charge in [0.2, 0.25) is 0 Å². The molecular weight excluding hydrogens is 411 g/mol. The van der Waals surface area contributed by atoms with Crippen molar-refractivity contribution in [1.29, 1.82) is 0 Å². The van der Waals surface area contributed by atoms with E-state index in [1.807, 2.05) is 12.1 Å². The van der Waals surface area contributed by atoms with Crippen molar-refractivity contribution in [2.75, 3.05) is 7.11 Å². The van der Waals surface area contributed by atoms with Gasteiger partial charge >= 0.3 is 0 Å². The van der Waals surface area contributed by atoms with Gasteiger partial charge in [-0.2, -0.15) is 0 Å². The molecule has 3 heteroatoms. The van der Waals surface area contributed by atoms with Crippen LogP contribution in [0.2, 0.25) is 0 Å². The van der Waals surface area contributed by atoms with Gasteiger partial charge in [-0.15, -0.1) is 0 Å². The second kappa shape index (κ2) is 6.22. The van der Waals surface area contributed by atoms with E-state index in [9.17, 15) is 0 Å². The van der Waals surface area contributed by atoms with Gasteiger partial charge < -0.3 is 9.47 Å². The number of hydrogen-bond acceptors (Lipinski definition) is 2. The van der Waals surface area contributed by atoms with Gasteiger partial charge in [-0.1, -0.05) is 19.6 Å². The first-order valence-electron chi connectivity index (χ1n) is 9.28. The van der Waals surface area contributed by atoms with Crippen LogP contribution in [0.1, 0.15) is 51.0 Å². The van der Waals surface area contributed by atoms with Crippen LogP contribution < -0.4 is 9.47 Å². The molecule has 0 aliphatic heterocycles. The third-order valence-corrected chi connectivity index (χ3v) is 7.65. The minimum Gasteiger partial charge on any atom is -0.493 e. The predicted molar refractivity (Wildman–Crippen MR) is 106 cm³/mol. The van der Waals surface area contributed by atoms with Crippen LogP contribution in [0, 0.1) is 27.2 Å². The number of rotatable bonds is 5. The summed E-state index contributed by atoms with van der Waals surface area (Å²) >= 11 is 2.38. The highest BCUT2D eigenvalue weighted by atomic mass is 127. The molecule has 0 atom stereocenters. The lowest BCUT2D eigenvalue weighted by atomic mass is 9.49. The second-order valence-corrected chi connectivity index (χ2v) is 9.12. The average molecular weight is 438 g/mol. The Labute approximate surface area is 159 Å². The maximum atomic E-state index is 6.91. The fourth-order valence-electron chi connectivity index (χ4n) is 5.94. The van der Waals surface area contributed by atoms with E-state index in [2.05, 4.69) is 42.2 Å². The van der Waals surface area contributed by atoms with Gasteiger partial charge in [-0.3, -0.25) is 0 Å². The molecule has 4 aliphatic rings. The Morgan fingerprint density at radius 2 is 1.79 bits per heavy atom. The molecule has 130 valence electrons. The van der Waals surface area contributed by atoms with Gasteiger partial charge in [0.05, 0.1) is 10.7 Å². The van der Waals surface area contributed by atoms with Crippen LogP contribution in [0.5, 0.6) is 11.5 Å². The molecule has 0 N–H and O–H groups in total. The van der Waals surface area contributed by atoms with Crippen molar-refractivity contribution in [2.45, 2.75) is 51.0 Å². The van der Waals surface area contributed by atoms with E-state index in [0.29, 0.717) is 0 Å². The molecule has 0 spiro atoms. The minimum absolute atomic E-state index is 0.0102. The summed E-state index contributed by atoms with van der Waals surface area (Å²) in [5.74, 6) is 5.15. The standard InChI is InChI=1S/C21H27IO2/c1-4-13-11-18(22)20(19(12-13)23-3)24-21(5-2)16-7-14-6-15(9-16)10-17(21)8-14/h4,11-12,14-17H,1,5-10H2,2-3H3. The molecule has 4 bridgehead atoms. The number of benzene rings is 1. The summed E-state index contributed by atoms with van der Waals surface area (Å²) < 4.78 is 13.7. The lowest BCUT2D eigenvalue weighted by Gasteiger charge is -2.60. The fourth-order valence-corrected chi connectivity index (χ4v) is 6.68. The van der Waals surface area contributed by atoms with Crippen LogP contribution in [0.3, 0.4) is 0 Å². The topological polar surface area (TPSA) is 18.5 Å². The Morgan fingerprint density at radius 3 is 2.29 bits per heavy atom. The van der Waals surface area contributed by atoms with E-state index in [1.165, 1.54) is 32.1 Å². The van der Waals surface area contributed by atoms with Crippen molar-refractivity contribution < 1.29 is 9.47 Å². The second-order valence-electron chi connectivity index (χ2n) is 7.95. The van der Waals surface area contributed by atoms with E-state index >= 15 is 0 Å². The third-order valence-electron chi connectivity index (χ3n) is 6.85. The molecule has 5 rings (SSSR count). The van der Waals surface area contributed by atoms with Crippen LogP contribution in [0.25, 0.3) is 6.08 Å². The van der Waals surface area contributed by atoms with Gasteiger partial charge in [-0.05, 0) is 102 Å². The Balaban J connectivity index is 1.72. The van der Waals surface area contributed by atoms with Crippen molar-refractivity contribution in [3.63, 3.8) is 0 Å². The van der Waals surface area contributed by atoms with E-state index in [0.717, 1.165) is 50.7 Å². The zero-order valence-corrected chi connectivity index (χ0v) is 16.8. The highest BCUT2D eigenvalue weighted by Gasteiger charge is 2.58. The molecule has 4 aliphatic carbocycles. The molecule has 24 heavy (non-hydrogen) atoms. The number of ether oxygens (including phenoxy) is 2. The predicted octanol–water partition coefficient (Wildman–Crippen LogP) is 5.93.